The Bertz CT molecular complexity index is 1330. The average Bonchev–Trinajstić information content (AvgIpc) is 3.18. The third-order valence-electron chi connectivity index (χ3n) is 6.75. The van der Waals surface area contributed by atoms with Crippen molar-refractivity contribution in [3.63, 3.8) is 0 Å². The maximum atomic E-state index is 2.50. The van der Waals surface area contributed by atoms with E-state index in [1.165, 1.54) is 51.0 Å². The Morgan fingerprint density at radius 3 is 2.06 bits per heavy atom. The van der Waals surface area contributed by atoms with Gasteiger partial charge in [0.2, 0.25) is 0 Å². The molecule has 0 bridgehead atoms. The van der Waals surface area contributed by atoms with Crippen LogP contribution < -0.4 is 0 Å². The van der Waals surface area contributed by atoms with Crippen molar-refractivity contribution < 1.29 is 0 Å². The van der Waals surface area contributed by atoms with Crippen molar-refractivity contribution in [2.45, 2.75) is 25.2 Å². The summed E-state index contributed by atoms with van der Waals surface area (Å²) in [6.07, 6.45) is 3.42. The second-order valence-electron chi connectivity index (χ2n) is 8.54. The van der Waals surface area contributed by atoms with E-state index in [0.29, 0.717) is 5.92 Å². The van der Waals surface area contributed by atoms with Gasteiger partial charge >= 0.3 is 0 Å². The summed E-state index contributed by atoms with van der Waals surface area (Å²) in [4.78, 5) is 0. The standard InChI is InChI=1S/C30H25N/c1-4-10-22(11-5-1)24-16-18-29-27(20-24)28-21-25(23-12-6-2-7-13-23)17-19-30(28)31(29)26-14-8-3-9-15-26/h1-16,18,20,25H,17,19,21H2. The molecule has 1 unspecified atom stereocenters. The second kappa shape index (κ2) is 7.59. The predicted molar refractivity (Wildman–Crippen MR) is 130 cm³/mol. The van der Waals surface area contributed by atoms with Gasteiger partial charge in [-0.2, -0.15) is 0 Å². The molecule has 0 amide bonds. The van der Waals surface area contributed by atoms with E-state index < -0.39 is 0 Å². The van der Waals surface area contributed by atoms with Gasteiger partial charge in [-0.1, -0.05) is 84.9 Å². The third-order valence-corrected chi connectivity index (χ3v) is 6.75. The van der Waals surface area contributed by atoms with Gasteiger partial charge in [-0.3, -0.25) is 0 Å². The van der Waals surface area contributed by atoms with E-state index in [2.05, 4.69) is 114 Å². The molecule has 1 heterocycles. The summed E-state index contributed by atoms with van der Waals surface area (Å²) in [5.41, 5.74) is 9.64. The Labute approximate surface area is 183 Å². The highest BCUT2D eigenvalue weighted by Gasteiger charge is 2.27. The number of hydrogen-bond donors (Lipinski definition) is 0. The van der Waals surface area contributed by atoms with Gasteiger partial charge in [0.25, 0.3) is 0 Å². The molecule has 1 heteroatoms. The Kier molecular flexibility index (Phi) is 4.46. The zero-order valence-electron chi connectivity index (χ0n) is 17.5. The van der Waals surface area contributed by atoms with Crippen LogP contribution in [0.4, 0.5) is 0 Å². The summed E-state index contributed by atoms with van der Waals surface area (Å²) < 4.78 is 2.50. The molecule has 0 aliphatic heterocycles. The normalized spacial score (nSPS) is 15.7. The Morgan fingerprint density at radius 2 is 1.32 bits per heavy atom. The minimum atomic E-state index is 0.587. The topological polar surface area (TPSA) is 4.93 Å². The van der Waals surface area contributed by atoms with Crippen molar-refractivity contribution in [3.05, 3.63) is 126 Å². The van der Waals surface area contributed by atoms with Gasteiger partial charge in [0.05, 0.1) is 5.52 Å². The summed E-state index contributed by atoms with van der Waals surface area (Å²) in [5.74, 6) is 0.587. The summed E-state index contributed by atoms with van der Waals surface area (Å²) >= 11 is 0. The van der Waals surface area contributed by atoms with E-state index >= 15 is 0 Å². The van der Waals surface area contributed by atoms with E-state index in [4.69, 9.17) is 0 Å². The highest BCUT2D eigenvalue weighted by Crippen LogP contribution is 2.41. The second-order valence-corrected chi connectivity index (χ2v) is 8.54. The predicted octanol–water partition coefficient (Wildman–Crippen LogP) is 7.57. The SMILES string of the molecule is c1ccc(-c2ccc3c(c2)c2c(n3-c3ccccc3)CCC(c3ccccc3)C2)cc1. The monoisotopic (exact) mass is 399 g/mol. The highest BCUT2D eigenvalue weighted by atomic mass is 15.0. The molecule has 150 valence electrons. The van der Waals surface area contributed by atoms with Crippen LogP contribution in [-0.2, 0) is 12.8 Å². The lowest BCUT2D eigenvalue weighted by atomic mass is 9.82. The van der Waals surface area contributed by atoms with Gasteiger partial charge in [-0.05, 0) is 71.7 Å². The Hall–Kier alpha value is -3.58. The fraction of sp³-hybridized carbons (Fsp3) is 0.133. The van der Waals surface area contributed by atoms with E-state index in [1.54, 1.807) is 0 Å². The number of fused-ring (bicyclic) bond motifs is 3. The van der Waals surface area contributed by atoms with Crippen molar-refractivity contribution in [1.29, 1.82) is 0 Å². The van der Waals surface area contributed by atoms with Gasteiger partial charge in [-0.25, -0.2) is 0 Å². The van der Waals surface area contributed by atoms with Gasteiger partial charge in [0, 0.05) is 16.8 Å². The van der Waals surface area contributed by atoms with Crippen LogP contribution in [0.2, 0.25) is 0 Å². The molecule has 6 rings (SSSR count). The minimum Gasteiger partial charge on any atom is -0.313 e. The molecule has 0 spiro atoms. The fourth-order valence-electron chi connectivity index (χ4n) is 5.25. The number of para-hydroxylation sites is 1. The average molecular weight is 400 g/mol. The molecule has 1 atom stereocenters. The van der Waals surface area contributed by atoms with E-state index in [-0.39, 0.29) is 0 Å². The lowest BCUT2D eigenvalue weighted by Gasteiger charge is -2.24. The summed E-state index contributed by atoms with van der Waals surface area (Å²) in [7, 11) is 0. The molecular formula is C30H25N. The number of rotatable bonds is 3. The largest absolute Gasteiger partial charge is 0.313 e. The molecular weight excluding hydrogens is 374 g/mol. The van der Waals surface area contributed by atoms with Crippen LogP contribution in [0.15, 0.2) is 109 Å². The molecule has 31 heavy (non-hydrogen) atoms. The molecule has 0 saturated heterocycles. The third kappa shape index (κ3) is 3.18. The maximum Gasteiger partial charge on any atom is 0.0534 e. The lowest BCUT2D eigenvalue weighted by molar-refractivity contribution is 0.575. The summed E-state index contributed by atoms with van der Waals surface area (Å²) in [6, 6.07) is 39.6. The van der Waals surface area contributed by atoms with Crippen LogP contribution >= 0.6 is 0 Å². The van der Waals surface area contributed by atoms with Crippen LogP contribution in [0.1, 0.15) is 29.2 Å². The summed E-state index contributed by atoms with van der Waals surface area (Å²) in [6.45, 7) is 0. The number of aromatic nitrogens is 1. The molecule has 5 aromatic rings. The van der Waals surface area contributed by atoms with Crippen molar-refractivity contribution in [3.8, 4) is 16.8 Å². The van der Waals surface area contributed by atoms with E-state index in [9.17, 15) is 0 Å². The quantitative estimate of drug-likeness (QED) is 0.295. The Morgan fingerprint density at radius 1 is 0.645 bits per heavy atom. The minimum absolute atomic E-state index is 0.587. The molecule has 1 aromatic heterocycles. The Balaban J connectivity index is 1.55. The van der Waals surface area contributed by atoms with E-state index in [1.807, 2.05) is 0 Å². The first-order valence-corrected chi connectivity index (χ1v) is 11.2. The van der Waals surface area contributed by atoms with Gasteiger partial charge in [0.15, 0.2) is 0 Å². The van der Waals surface area contributed by atoms with Crippen LogP contribution in [0, 0.1) is 0 Å². The number of nitrogens with zero attached hydrogens (tertiary/aromatic N) is 1. The van der Waals surface area contributed by atoms with Crippen LogP contribution in [-0.4, -0.2) is 4.57 Å². The van der Waals surface area contributed by atoms with Gasteiger partial charge in [0.1, 0.15) is 0 Å². The smallest absolute Gasteiger partial charge is 0.0534 e. The first-order chi connectivity index (χ1) is 15.4. The lowest BCUT2D eigenvalue weighted by Crippen LogP contribution is -2.14. The molecule has 0 saturated carbocycles. The number of benzene rings is 4. The zero-order chi connectivity index (χ0) is 20.6. The van der Waals surface area contributed by atoms with E-state index in [0.717, 1.165) is 12.8 Å². The molecule has 4 aromatic carbocycles. The van der Waals surface area contributed by atoms with Crippen LogP contribution in [0.3, 0.4) is 0 Å². The molecule has 0 radical (unpaired) electrons. The van der Waals surface area contributed by atoms with Gasteiger partial charge in [-0.15, -0.1) is 0 Å². The van der Waals surface area contributed by atoms with Gasteiger partial charge < -0.3 is 4.57 Å². The van der Waals surface area contributed by atoms with Crippen LogP contribution in [0.25, 0.3) is 27.7 Å². The molecule has 1 aliphatic rings. The van der Waals surface area contributed by atoms with Crippen molar-refractivity contribution in [1.82, 2.24) is 4.57 Å². The molecule has 0 N–H and O–H groups in total. The highest BCUT2D eigenvalue weighted by molar-refractivity contribution is 5.91. The van der Waals surface area contributed by atoms with Crippen molar-refractivity contribution in [2.75, 3.05) is 0 Å². The van der Waals surface area contributed by atoms with Crippen molar-refractivity contribution in [2.24, 2.45) is 0 Å². The first-order valence-electron chi connectivity index (χ1n) is 11.2. The zero-order valence-corrected chi connectivity index (χ0v) is 17.5. The molecule has 1 nitrogen and oxygen atoms in total. The number of hydrogen-bond acceptors (Lipinski definition) is 0. The first kappa shape index (κ1) is 18.2. The van der Waals surface area contributed by atoms with Crippen molar-refractivity contribution >= 4 is 10.9 Å². The molecule has 1 aliphatic carbocycles. The van der Waals surface area contributed by atoms with Crippen LogP contribution in [0.5, 0.6) is 0 Å². The maximum absolute atomic E-state index is 2.50. The summed E-state index contributed by atoms with van der Waals surface area (Å²) in [5, 5.41) is 1.40. The fourth-order valence-corrected chi connectivity index (χ4v) is 5.25. The molecule has 0 fully saturated rings.